The molecule has 1 fully saturated rings. The van der Waals surface area contributed by atoms with Crippen LogP contribution < -0.4 is 5.32 Å². The molecular weight excluding hydrogens is 168 g/mol. The number of ether oxygens (including phenoxy) is 1. The van der Waals surface area contributed by atoms with E-state index in [2.05, 4.69) is 10.3 Å². The van der Waals surface area contributed by atoms with Crippen LogP contribution in [0.3, 0.4) is 0 Å². The molecule has 0 unspecified atom stereocenters. The maximum absolute atomic E-state index is 11.4. The fraction of sp³-hybridized carbons (Fsp3) is 0.333. The number of aromatic nitrogens is 1. The first-order valence-electron chi connectivity index (χ1n) is 4.18. The summed E-state index contributed by atoms with van der Waals surface area (Å²) < 4.78 is 5.14. The van der Waals surface area contributed by atoms with E-state index in [1.165, 1.54) is 0 Å². The second-order valence-corrected chi connectivity index (χ2v) is 2.92. The van der Waals surface area contributed by atoms with Gasteiger partial charge in [0.15, 0.2) is 0 Å². The minimum Gasteiger partial charge on any atom is -0.456 e. The first kappa shape index (κ1) is 8.19. The lowest BCUT2D eigenvalue weighted by atomic mass is 10.2. The highest BCUT2D eigenvalue weighted by Gasteiger charge is 2.21. The zero-order chi connectivity index (χ0) is 9.10. The normalized spacial score (nSPS) is 16.3. The number of carbonyl (C=O) groups is 1. The molecule has 13 heavy (non-hydrogen) atoms. The van der Waals surface area contributed by atoms with Crippen molar-refractivity contribution < 1.29 is 9.53 Å². The van der Waals surface area contributed by atoms with Gasteiger partial charge in [-0.3, -0.25) is 4.98 Å². The number of nitrogens with zero attached hydrogens (tertiary/aromatic N) is 1. The van der Waals surface area contributed by atoms with Crippen molar-refractivity contribution in [1.29, 1.82) is 0 Å². The maximum atomic E-state index is 11.4. The van der Waals surface area contributed by atoms with E-state index in [-0.39, 0.29) is 12.1 Å². The van der Waals surface area contributed by atoms with E-state index in [0.29, 0.717) is 5.56 Å². The lowest BCUT2D eigenvalue weighted by Gasteiger charge is -2.26. The molecule has 0 bridgehead atoms. The highest BCUT2D eigenvalue weighted by molar-refractivity contribution is 5.89. The highest BCUT2D eigenvalue weighted by atomic mass is 16.5. The largest absolute Gasteiger partial charge is 0.456 e. The predicted octanol–water partition coefficient (Wildman–Crippen LogP) is 0.210. The Hall–Kier alpha value is -1.42. The van der Waals surface area contributed by atoms with E-state index < -0.39 is 0 Å². The lowest BCUT2D eigenvalue weighted by molar-refractivity contribution is 0.0169. The van der Waals surface area contributed by atoms with Crippen molar-refractivity contribution in [1.82, 2.24) is 10.3 Å². The molecule has 1 aliphatic heterocycles. The average Bonchev–Trinajstić information content (AvgIpc) is 2.12. The molecule has 4 heteroatoms. The summed E-state index contributed by atoms with van der Waals surface area (Å²) in [6.07, 6.45) is 3.20. The molecule has 0 aromatic carbocycles. The molecule has 2 heterocycles. The van der Waals surface area contributed by atoms with E-state index >= 15 is 0 Å². The fourth-order valence-corrected chi connectivity index (χ4v) is 1.05. The minimum atomic E-state index is -0.270. The predicted molar refractivity (Wildman–Crippen MR) is 46.3 cm³/mol. The van der Waals surface area contributed by atoms with Gasteiger partial charge in [-0.2, -0.15) is 0 Å². The third-order valence-corrected chi connectivity index (χ3v) is 1.93. The van der Waals surface area contributed by atoms with Crippen molar-refractivity contribution in [2.45, 2.75) is 6.10 Å². The minimum absolute atomic E-state index is 0.0423. The van der Waals surface area contributed by atoms with E-state index in [0.717, 1.165) is 13.1 Å². The summed E-state index contributed by atoms with van der Waals surface area (Å²) in [5.41, 5.74) is 0.557. The van der Waals surface area contributed by atoms with E-state index in [9.17, 15) is 4.79 Å². The van der Waals surface area contributed by atoms with Crippen LogP contribution in [-0.2, 0) is 4.74 Å². The third-order valence-electron chi connectivity index (χ3n) is 1.93. The fourth-order valence-electron chi connectivity index (χ4n) is 1.05. The quantitative estimate of drug-likeness (QED) is 0.658. The van der Waals surface area contributed by atoms with Crippen LogP contribution >= 0.6 is 0 Å². The molecule has 0 radical (unpaired) electrons. The van der Waals surface area contributed by atoms with E-state index in [1.807, 2.05) is 0 Å². The maximum Gasteiger partial charge on any atom is 0.338 e. The smallest absolute Gasteiger partial charge is 0.338 e. The summed E-state index contributed by atoms with van der Waals surface area (Å²) in [5, 5.41) is 3.03. The number of carbonyl (C=O) groups excluding carboxylic acids is 1. The standard InChI is InChI=1S/C9H10N2O2/c12-9(13-8-5-11-6-8)7-1-3-10-4-2-7/h1-4,8,11H,5-6H2. The Bertz CT molecular complexity index is 296. The second kappa shape index (κ2) is 3.53. The first-order chi connectivity index (χ1) is 6.36. The van der Waals surface area contributed by atoms with Crippen LogP contribution in [0.15, 0.2) is 24.5 Å². The summed E-state index contributed by atoms with van der Waals surface area (Å²) in [6.45, 7) is 1.52. The number of rotatable bonds is 2. The Labute approximate surface area is 75.9 Å². The molecule has 4 nitrogen and oxygen atoms in total. The van der Waals surface area contributed by atoms with Crippen molar-refractivity contribution in [2.75, 3.05) is 13.1 Å². The Morgan fingerprint density at radius 2 is 2.15 bits per heavy atom. The van der Waals surface area contributed by atoms with Gasteiger partial charge in [-0.25, -0.2) is 4.79 Å². The summed E-state index contributed by atoms with van der Waals surface area (Å²) in [5.74, 6) is -0.270. The number of hydrogen-bond acceptors (Lipinski definition) is 4. The van der Waals surface area contributed by atoms with Crippen molar-refractivity contribution >= 4 is 5.97 Å². The zero-order valence-corrected chi connectivity index (χ0v) is 7.06. The van der Waals surface area contributed by atoms with Gasteiger partial charge in [0, 0.05) is 25.5 Å². The van der Waals surface area contributed by atoms with Crippen LogP contribution in [-0.4, -0.2) is 30.1 Å². The van der Waals surface area contributed by atoms with Gasteiger partial charge < -0.3 is 10.1 Å². The molecule has 1 aliphatic rings. The van der Waals surface area contributed by atoms with Crippen LogP contribution in [0.4, 0.5) is 0 Å². The monoisotopic (exact) mass is 178 g/mol. The molecule has 2 rings (SSSR count). The molecule has 0 saturated carbocycles. The van der Waals surface area contributed by atoms with Crippen molar-refractivity contribution in [3.05, 3.63) is 30.1 Å². The average molecular weight is 178 g/mol. The number of pyridine rings is 1. The van der Waals surface area contributed by atoms with Gasteiger partial charge in [0.05, 0.1) is 5.56 Å². The molecule has 1 saturated heterocycles. The molecule has 0 amide bonds. The topological polar surface area (TPSA) is 51.2 Å². The van der Waals surface area contributed by atoms with Crippen molar-refractivity contribution in [3.8, 4) is 0 Å². The van der Waals surface area contributed by atoms with Crippen molar-refractivity contribution in [2.24, 2.45) is 0 Å². The number of hydrogen-bond donors (Lipinski definition) is 1. The molecule has 0 aliphatic carbocycles. The zero-order valence-electron chi connectivity index (χ0n) is 7.06. The molecular formula is C9H10N2O2. The lowest BCUT2D eigenvalue weighted by Crippen LogP contribution is -2.49. The Morgan fingerprint density at radius 1 is 1.46 bits per heavy atom. The van der Waals surface area contributed by atoms with Crippen LogP contribution in [0.1, 0.15) is 10.4 Å². The Balaban J connectivity index is 1.97. The van der Waals surface area contributed by atoms with Gasteiger partial charge in [-0.05, 0) is 12.1 Å². The van der Waals surface area contributed by atoms with Crippen LogP contribution in [0.2, 0.25) is 0 Å². The third kappa shape index (κ3) is 1.84. The first-order valence-corrected chi connectivity index (χ1v) is 4.18. The van der Waals surface area contributed by atoms with E-state index in [4.69, 9.17) is 4.74 Å². The number of nitrogens with one attached hydrogen (secondary N) is 1. The van der Waals surface area contributed by atoms with Gasteiger partial charge in [-0.1, -0.05) is 0 Å². The highest BCUT2D eigenvalue weighted by Crippen LogP contribution is 2.05. The van der Waals surface area contributed by atoms with Crippen LogP contribution in [0.5, 0.6) is 0 Å². The van der Waals surface area contributed by atoms with Crippen LogP contribution in [0.25, 0.3) is 0 Å². The summed E-state index contributed by atoms with van der Waals surface area (Å²) >= 11 is 0. The second-order valence-electron chi connectivity index (χ2n) is 2.92. The van der Waals surface area contributed by atoms with Gasteiger partial charge >= 0.3 is 5.97 Å². The summed E-state index contributed by atoms with van der Waals surface area (Å²) in [4.78, 5) is 15.2. The molecule has 1 aromatic rings. The van der Waals surface area contributed by atoms with Crippen LogP contribution in [0, 0.1) is 0 Å². The Kier molecular flexibility index (Phi) is 2.23. The van der Waals surface area contributed by atoms with Gasteiger partial charge in [0.25, 0.3) is 0 Å². The van der Waals surface area contributed by atoms with Gasteiger partial charge in [0.1, 0.15) is 6.10 Å². The summed E-state index contributed by atoms with van der Waals surface area (Å²) in [7, 11) is 0. The SMILES string of the molecule is O=C(OC1CNC1)c1ccncc1. The van der Waals surface area contributed by atoms with Crippen molar-refractivity contribution in [3.63, 3.8) is 0 Å². The molecule has 1 aromatic heterocycles. The molecule has 68 valence electrons. The van der Waals surface area contributed by atoms with Gasteiger partial charge in [0.2, 0.25) is 0 Å². The van der Waals surface area contributed by atoms with Gasteiger partial charge in [-0.15, -0.1) is 0 Å². The molecule has 0 spiro atoms. The molecule has 1 N–H and O–H groups in total. The summed E-state index contributed by atoms with van der Waals surface area (Å²) in [6, 6.07) is 3.29. The van der Waals surface area contributed by atoms with E-state index in [1.54, 1.807) is 24.5 Å². The molecule has 0 atom stereocenters. The Morgan fingerprint density at radius 3 is 2.69 bits per heavy atom. The number of esters is 1.